The van der Waals surface area contributed by atoms with E-state index in [2.05, 4.69) is 0 Å². The number of aliphatic hydroxyl groups is 10. The maximum Gasteiger partial charge on any atom is 0.187 e. The molecule has 2 saturated heterocycles. The number of rotatable bonds is 10. The van der Waals surface area contributed by atoms with Crippen LogP contribution in [0.25, 0.3) is 0 Å². The van der Waals surface area contributed by atoms with Gasteiger partial charge in [0.1, 0.15) is 67.1 Å². The summed E-state index contributed by atoms with van der Waals surface area (Å²) in [4.78, 5) is 11.0. The molecule has 15 heteroatoms. The van der Waals surface area contributed by atoms with Crippen LogP contribution in [-0.2, 0) is 23.7 Å². The van der Waals surface area contributed by atoms with Crippen molar-refractivity contribution in [2.45, 2.75) is 92.8 Å². The van der Waals surface area contributed by atoms with Crippen molar-refractivity contribution < 1.29 is 74.8 Å². The second-order valence-corrected chi connectivity index (χ2v) is 7.96. The normalized spacial score (nSPS) is 43.5. The minimum absolute atomic E-state index is 0.00574. The second-order valence-electron chi connectivity index (χ2n) is 7.96. The van der Waals surface area contributed by atoms with E-state index < -0.39 is 99.0 Å². The first-order chi connectivity index (χ1) is 15.5. The van der Waals surface area contributed by atoms with Gasteiger partial charge in [0, 0.05) is 0 Å². The first-order valence-electron chi connectivity index (χ1n) is 10.2. The zero-order valence-corrected chi connectivity index (χ0v) is 17.6. The average molecular weight is 488 g/mol. The molecule has 2 rings (SSSR count). The molecule has 0 saturated carbocycles. The van der Waals surface area contributed by atoms with Crippen LogP contribution in [0.3, 0.4) is 0 Å². The van der Waals surface area contributed by atoms with Crippen molar-refractivity contribution >= 4 is 6.29 Å². The lowest BCUT2D eigenvalue weighted by atomic mass is 9.96. The quantitative estimate of drug-likeness (QED) is 0.128. The molecule has 194 valence electrons. The van der Waals surface area contributed by atoms with Crippen LogP contribution in [-0.4, -0.2) is 156 Å². The molecule has 0 radical (unpaired) electrons. The number of hydrogen-bond acceptors (Lipinski definition) is 15. The Morgan fingerprint density at radius 2 is 1.36 bits per heavy atom. The molecule has 0 aromatic heterocycles. The van der Waals surface area contributed by atoms with Crippen LogP contribution in [0.5, 0.6) is 0 Å². The fraction of sp³-hybridized carbons (Fsp3) is 0.944. The summed E-state index contributed by atoms with van der Waals surface area (Å²) < 4.78 is 21.1. The minimum atomic E-state index is -1.96. The van der Waals surface area contributed by atoms with E-state index >= 15 is 0 Å². The lowest BCUT2D eigenvalue weighted by Gasteiger charge is -2.46. The fourth-order valence-electron chi connectivity index (χ4n) is 3.53. The number of carbonyl (C=O) groups is 1. The Hall–Kier alpha value is -0.890. The van der Waals surface area contributed by atoms with Gasteiger partial charge in [0.05, 0.1) is 19.3 Å². The van der Waals surface area contributed by atoms with Crippen LogP contribution >= 0.6 is 0 Å². The Kier molecular flexibility index (Phi) is 10.5. The highest BCUT2D eigenvalue weighted by molar-refractivity contribution is 5.56. The molecule has 0 unspecified atom stereocenters. The van der Waals surface area contributed by atoms with Crippen molar-refractivity contribution in [3.05, 3.63) is 0 Å². The molecule has 14 atom stereocenters. The Morgan fingerprint density at radius 3 is 1.88 bits per heavy atom. The Labute approximate surface area is 187 Å². The summed E-state index contributed by atoms with van der Waals surface area (Å²) >= 11 is 0. The fourth-order valence-corrected chi connectivity index (χ4v) is 3.53. The van der Waals surface area contributed by atoms with Gasteiger partial charge in [-0.05, 0) is 6.92 Å². The zero-order chi connectivity index (χ0) is 25.0. The van der Waals surface area contributed by atoms with E-state index in [-0.39, 0.29) is 6.29 Å². The first-order valence-corrected chi connectivity index (χ1v) is 10.2. The van der Waals surface area contributed by atoms with Gasteiger partial charge in [-0.15, -0.1) is 0 Å². The predicted molar refractivity (Wildman–Crippen MR) is 101 cm³/mol. The lowest BCUT2D eigenvalue weighted by Crippen LogP contribution is -2.65. The van der Waals surface area contributed by atoms with Gasteiger partial charge in [-0.25, -0.2) is 0 Å². The molecule has 0 amide bonds. The molecule has 2 aliphatic rings. The number of hydrogen-bond donors (Lipinski definition) is 10. The summed E-state index contributed by atoms with van der Waals surface area (Å²) in [5.74, 6) is 0. The van der Waals surface area contributed by atoms with Crippen LogP contribution in [0.2, 0.25) is 0 Å². The van der Waals surface area contributed by atoms with Crippen LogP contribution in [0.15, 0.2) is 0 Å². The van der Waals surface area contributed by atoms with Crippen molar-refractivity contribution in [2.75, 3.05) is 13.2 Å². The van der Waals surface area contributed by atoms with E-state index in [4.69, 9.17) is 18.9 Å². The van der Waals surface area contributed by atoms with Gasteiger partial charge in [-0.1, -0.05) is 0 Å². The minimum Gasteiger partial charge on any atom is -0.394 e. The zero-order valence-electron chi connectivity index (χ0n) is 17.6. The van der Waals surface area contributed by atoms with Gasteiger partial charge in [0.2, 0.25) is 0 Å². The summed E-state index contributed by atoms with van der Waals surface area (Å²) in [6.45, 7) is -0.457. The molecular weight excluding hydrogens is 456 g/mol. The lowest BCUT2D eigenvalue weighted by molar-refractivity contribution is -0.367. The molecule has 2 aliphatic heterocycles. The molecular formula is C18H32O15. The standard InChI is InChI=1S/C18H32O15/c1-5(22)9(24)15(6(23)2-19)32-18-14(29)16(11(26)8(4-21)31-18)33-17-13(28)12(27)10(25)7(3-20)30-17/h2,5-18,20-29H,3-4H2,1H3/t5-,6-,7+,8+,9-,10-,11+,12-,13+,14+,15-,16-,17+,18+/m0/s1. The van der Waals surface area contributed by atoms with Crippen molar-refractivity contribution in [3.63, 3.8) is 0 Å². The smallest absolute Gasteiger partial charge is 0.187 e. The van der Waals surface area contributed by atoms with Gasteiger partial charge in [-0.3, -0.25) is 0 Å². The number of aliphatic hydroxyl groups excluding tert-OH is 10. The van der Waals surface area contributed by atoms with Crippen LogP contribution in [0.4, 0.5) is 0 Å². The highest BCUT2D eigenvalue weighted by Gasteiger charge is 2.52. The van der Waals surface area contributed by atoms with Crippen molar-refractivity contribution in [2.24, 2.45) is 0 Å². The van der Waals surface area contributed by atoms with E-state index in [0.717, 1.165) is 6.92 Å². The Morgan fingerprint density at radius 1 is 0.818 bits per heavy atom. The third-order valence-corrected chi connectivity index (χ3v) is 5.56. The van der Waals surface area contributed by atoms with Crippen LogP contribution in [0, 0.1) is 0 Å². The Balaban J connectivity index is 2.25. The maximum absolute atomic E-state index is 11.0. The third-order valence-electron chi connectivity index (χ3n) is 5.56. The molecule has 0 bridgehead atoms. The second kappa shape index (κ2) is 12.2. The van der Waals surface area contributed by atoms with Gasteiger partial charge in [0.25, 0.3) is 0 Å². The molecule has 33 heavy (non-hydrogen) atoms. The van der Waals surface area contributed by atoms with Gasteiger partial charge in [-0.2, -0.15) is 0 Å². The molecule has 0 aliphatic carbocycles. The topological polar surface area (TPSA) is 256 Å². The molecule has 0 spiro atoms. The molecule has 2 heterocycles. The largest absolute Gasteiger partial charge is 0.394 e. The molecule has 0 aromatic rings. The van der Waals surface area contributed by atoms with Crippen molar-refractivity contribution in [1.82, 2.24) is 0 Å². The first kappa shape index (κ1) is 28.3. The summed E-state index contributed by atoms with van der Waals surface area (Å²) in [7, 11) is 0. The highest BCUT2D eigenvalue weighted by Crippen LogP contribution is 2.30. The van der Waals surface area contributed by atoms with Gasteiger partial charge < -0.3 is 74.8 Å². The summed E-state index contributed by atoms with van der Waals surface area (Å²) in [6.07, 6.45) is -24.3. The maximum atomic E-state index is 11.0. The van der Waals surface area contributed by atoms with E-state index in [9.17, 15) is 55.9 Å². The van der Waals surface area contributed by atoms with Crippen LogP contribution < -0.4 is 0 Å². The van der Waals surface area contributed by atoms with Crippen molar-refractivity contribution in [1.29, 1.82) is 0 Å². The van der Waals surface area contributed by atoms with E-state index in [1.165, 1.54) is 0 Å². The summed E-state index contributed by atoms with van der Waals surface area (Å²) in [6, 6.07) is 0. The molecule has 0 aromatic carbocycles. The summed E-state index contributed by atoms with van der Waals surface area (Å²) in [5, 5.41) is 99.3. The third kappa shape index (κ3) is 6.22. The monoisotopic (exact) mass is 488 g/mol. The molecule has 2 fully saturated rings. The van der Waals surface area contributed by atoms with Gasteiger partial charge in [0.15, 0.2) is 18.9 Å². The van der Waals surface area contributed by atoms with Crippen LogP contribution in [0.1, 0.15) is 6.92 Å². The summed E-state index contributed by atoms with van der Waals surface area (Å²) in [5.41, 5.74) is 0. The molecule has 15 nitrogen and oxygen atoms in total. The van der Waals surface area contributed by atoms with E-state index in [0.29, 0.717) is 0 Å². The van der Waals surface area contributed by atoms with E-state index in [1.54, 1.807) is 0 Å². The predicted octanol–water partition coefficient (Wildman–Crippen LogP) is -6.70. The molecule has 10 N–H and O–H groups in total. The SMILES string of the molecule is C[C@H](O)[C@H](O)[C@@H](O[C@H]1O[C@H](CO)[C@@H](O)[C@H](O[C@H]2O[C@H](CO)[C@H](O)[C@H](O)[C@H]2O)[C@H]1O)[C@@H](O)C=O. The number of aldehydes is 1. The number of carbonyl (C=O) groups excluding carboxylic acids is 1. The van der Waals surface area contributed by atoms with Gasteiger partial charge >= 0.3 is 0 Å². The van der Waals surface area contributed by atoms with E-state index in [1.807, 2.05) is 0 Å². The number of ether oxygens (including phenoxy) is 4. The van der Waals surface area contributed by atoms with Crippen molar-refractivity contribution in [3.8, 4) is 0 Å². The highest BCUT2D eigenvalue weighted by atomic mass is 16.7. The Bertz CT molecular complexity index is 605. The average Bonchev–Trinajstić information content (AvgIpc) is 2.80.